The minimum atomic E-state index is 0.471. The van der Waals surface area contributed by atoms with Gasteiger partial charge in [-0.2, -0.15) is 0 Å². The van der Waals surface area contributed by atoms with Crippen molar-refractivity contribution in [3.05, 3.63) is 34.9 Å². The maximum Gasteiger partial charge on any atom is 0.0294 e. The predicted octanol–water partition coefficient (Wildman–Crippen LogP) is 4.53. The Balaban J connectivity index is 2.00. The molecular formula is C17H27N. The summed E-state index contributed by atoms with van der Waals surface area (Å²) in [5.74, 6) is 0.891. The molecule has 0 aromatic heterocycles. The molecule has 100 valence electrons. The molecule has 1 nitrogen and oxygen atoms in total. The third-order valence-corrected chi connectivity index (χ3v) is 4.17. The molecule has 1 aliphatic rings. The maximum absolute atomic E-state index is 3.82. The van der Waals surface area contributed by atoms with Crippen LogP contribution in [0.1, 0.15) is 62.3 Å². The average molecular weight is 245 g/mol. The first-order valence-corrected chi connectivity index (χ1v) is 7.39. The number of hydrogen-bond acceptors (Lipinski definition) is 1. The van der Waals surface area contributed by atoms with Crippen LogP contribution in [0, 0.1) is 19.8 Å². The van der Waals surface area contributed by atoms with Crippen LogP contribution in [-0.4, -0.2) is 6.04 Å². The van der Waals surface area contributed by atoms with E-state index < -0.39 is 0 Å². The summed E-state index contributed by atoms with van der Waals surface area (Å²) in [6.07, 6.45) is 5.49. The molecule has 1 fully saturated rings. The SMILES string of the molecule is Cc1cc(C)cc(C(C)NC2CCCC(C)C2)c1. The number of nitrogens with one attached hydrogen (secondary N) is 1. The minimum Gasteiger partial charge on any atom is -0.307 e. The van der Waals surface area contributed by atoms with Gasteiger partial charge in [0.1, 0.15) is 0 Å². The van der Waals surface area contributed by atoms with E-state index in [4.69, 9.17) is 0 Å². The van der Waals surface area contributed by atoms with Gasteiger partial charge in [0.25, 0.3) is 0 Å². The van der Waals surface area contributed by atoms with E-state index in [2.05, 4.69) is 51.2 Å². The molecule has 1 heteroatoms. The monoisotopic (exact) mass is 245 g/mol. The zero-order valence-electron chi connectivity index (χ0n) is 12.3. The van der Waals surface area contributed by atoms with Crippen molar-refractivity contribution in [3.8, 4) is 0 Å². The van der Waals surface area contributed by atoms with Gasteiger partial charge in [0, 0.05) is 12.1 Å². The summed E-state index contributed by atoms with van der Waals surface area (Å²) in [5.41, 5.74) is 4.18. The van der Waals surface area contributed by atoms with E-state index in [0.717, 1.165) is 5.92 Å². The van der Waals surface area contributed by atoms with E-state index >= 15 is 0 Å². The molecule has 0 radical (unpaired) electrons. The summed E-state index contributed by atoms with van der Waals surface area (Å²) >= 11 is 0. The molecule has 0 bridgehead atoms. The van der Waals surface area contributed by atoms with Crippen LogP contribution in [0.5, 0.6) is 0 Å². The van der Waals surface area contributed by atoms with Crippen molar-refractivity contribution in [3.63, 3.8) is 0 Å². The highest BCUT2D eigenvalue weighted by molar-refractivity contribution is 5.30. The van der Waals surface area contributed by atoms with Gasteiger partial charge in [-0.25, -0.2) is 0 Å². The first kappa shape index (κ1) is 13.6. The molecule has 1 aliphatic carbocycles. The van der Waals surface area contributed by atoms with Crippen LogP contribution >= 0.6 is 0 Å². The van der Waals surface area contributed by atoms with Gasteiger partial charge in [-0.15, -0.1) is 0 Å². The second-order valence-electron chi connectivity index (χ2n) is 6.28. The second-order valence-corrected chi connectivity index (χ2v) is 6.28. The Hall–Kier alpha value is -0.820. The molecule has 0 spiro atoms. The van der Waals surface area contributed by atoms with Gasteiger partial charge >= 0.3 is 0 Å². The number of aryl methyl sites for hydroxylation is 2. The van der Waals surface area contributed by atoms with Crippen molar-refractivity contribution >= 4 is 0 Å². The molecule has 3 atom stereocenters. The Morgan fingerprint density at radius 3 is 2.39 bits per heavy atom. The van der Waals surface area contributed by atoms with Gasteiger partial charge in [-0.1, -0.05) is 49.1 Å². The van der Waals surface area contributed by atoms with Gasteiger partial charge in [0.15, 0.2) is 0 Å². The summed E-state index contributed by atoms with van der Waals surface area (Å²) in [5, 5.41) is 3.82. The third-order valence-electron chi connectivity index (χ3n) is 4.17. The van der Waals surface area contributed by atoms with Crippen molar-refractivity contribution in [2.75, 3.05) is 0 Å². The molecule has 2 rings (SSSR count). The lowest BCUT2D eigenvalue weighted by atomic mass is 9.86. The topological polar surface area (TPSA) is 12.0 Å². The van der Waals surface area contributed by atoms with Crippen LogP contribution in [0.4, 0.5) is 0 Å². The zero-order valence-corrected chi connectivity index (χ0v) is 12.3. The third kappa shape index (κ3) is 3.58. The van der Waals surface area contributed by atoms with Crippen molar-refractivity contribution in [2.24, 2.45) is 5.92 Å². The van der Waals surface area contributed by atoms with Crippen LogP contribution in [-0.2, 0) is 0 Å². The fourth-order valence-electron chi connectivity index (χ4n) is 3.30. The summed E-state index contributed by atoms with van der Waals surface area (Å²) in [7, 11) is 0. The van der Waals surface area contributed by atoms with E-state index in [1.165, 1.54) is 42.4 Å². The largest absolute Gasteiger partial charge is 0.307 e. The normalized spacial score (nSPS) is 26.0. The fourth-order valence-corrected chi connectivity index (χ4v) is 3.30. The summed E-state index contributed by atoms with van der Waals surface area (Å²) < 4.78 is 0. The van der Waals surface area contributed by atoms with Gasteiger partial charge in [0.2, 0.25) is 0 Å². The van der Waals surface area contributed by atoms with Crippen molar-refractivity contribution in [1.29, 1.82) is 0 Å². The quantitative estimate of drug-likeness (QED) is 0.825. The highest BCUT2D eigenvalue weighted by Crippen LogP contribution is 2.26. The average Bonchev–Trinajstić information content (AvgIpc) is 2.27. The Morgan fingerprint density at radius 2 is 1.78 bits per heavy atom. The Bertz CT molecular complexity index is 376. The van der Waals surface area contributed by atoms with Crippen LogP contribution in [0.2, 0.25) is 0 Å². The molecule has 0 saturated heterocycles. The minimum absolute atomic E-state index is 0.471. The van der Waals surface area contributed by atoms with Crippen LogP contribution in [0.3, 0.4) is 0 Å². The first-order valence-electron chi connectivity index (χ1n) is 7.39. The molecular weight excluding hydrogens is 218 g/mol. The molecule has 1 aromatic rings. The van der Waals surface area contributed by atoms with Crippen molar-refractivity contribution < 1.29 is 0 Å². The lowest BCUT2D eigenvalue weighted by molar-refractivity contribution is 0.285. The van der Waals surface area contributed by atoms with E-state index in [1.54, 1.807) is 0 Å². The number of hydrogen-bond donors (Lipinski definition) is 1. The smallest absolute Gasteiger partial charge is 0.0294 e. The number of rotatable bonds is 3. The Morgan fingerprint density at radius 1 is 1.11 bits per heavy atom. The summed E-state index contributed by atoms with van der Waals surface area (Å²) in [4.78, 5) is 0. The molecule has 0 aliphatic heterocycles. The van der Waals surface area contributed by atoms with Crippen LogP contribution in [0.15, 0.2) is 18.2 Å². The fraction of sp³-hybridized carbons (Fsp3) is 0.647. The van der Waals surface area contributed by atoms with E-state index in [1.807, 2.05) is 0 Å². The summed E-state index contributed by atoms with van der Waals surface area (Å²) in [6.45, 7) is 9.06. The lowest BCUT2D eigenvalue weighted by Gasteiger charge is -2.30. The van der Waals surface area contributed by atoms with Crippen molar-refractivity contribution in [1.82, 2.24) is 5.32 Å². The van der Waals surface area contributed by atoms with Gasteiger partial charge in [0.05, 0.1) is 0 Å². The van der Waals surface area contributed by atoms with E-state index in [9.17, 15) is 0 Å². The Labute approximate surface area is 112 Å². The highest BCUT2D eigenvalue weighted by Gasteiger charge is 2.20. The highest BCUT2D eigenvalue weighted by atomic mass is 14.9. The van der Waals surface area contributed by atoms with Crippen molar-refractivity contribution in [2.45, 2.75) is 65.5 Å². The molecule has 0 heterocycles. The maximum atomic E-state index is 3.82. The summed E-state index contributed by atoms with van der Waals surface area (Å²) in [6, 6.07) is 8.07. The predicted molar refractivity (Wildman–Crippen MR) is 78.9 cm³/mol. The standard InChI is InChI=1S/C17H27N/c1-12-6-5-7-17(11-12)18-15(4)16-9-13(2)8-14(3)10-16/h8-10,12,15,17-18H,5-7,11H2,1-4H3. The first-order chi connectivity index (χ1) is 8.54. The molecule has 0 amide bonds. The van der Waals surface area contributed by atoms with Gasteiger partial charge < -0.3 is 5.32 Å². The van der Waals surface area contributed by atoms with E-state index in [0.29, 0.717) is 12.1 Å². The van der Waals surface area contributed by atoms with E-state index in [-0.39, 0.29) is 0 Å². The molecule has 1 N–H and O–H groups in total. The van der Waals surface area contributed by atoms with Crippen LogP contribution in [0.25, 0.3) is 0 Å². The number of benzene rings is 1. The van der Waals surface area contributed by atoms with Gasteiger partial charge in [-0.3, -0.25) is 0 Å². The molecule has 18 heavy (non-hydrogen) atoms. The lowest BCUT2D eigenvalue weighted by Crippen LogP contribution is -2.35. The zero-order chi connectivity index (χ0) is 13.1. The van der Waals surface area contributed by atoms with Crippen LogP contribution < -0.4 is 5.32 Å². The molecule has 1 aromatic carbocycles. The molecule has 3 unspecified atom stereocenters. The Kier molecular flexibility index (Phi) is 4.45. The second kappa shape index (κ2) is 5.88. The molecule has 1 saturated carbocycles. The van der Waals surface area contributed by atoms with Gasteiger partial charge in [-0.05, 0) is 45.1 Å².